The zero-order valence-electron chi connectivity index (χ0n) is 9.37. The lowest BCUT2D eigenvalue weighted by atomic mass is 10.2. The van der Waals surface area contributed by atoms with E-state index in [0.717, 1.165) is 0 Å². The highest BCUT2D eigenvalue weighted by Crippen LogP contribution is 2.23. The maximum absolute atomic E-state index is 13.7. The average molecular weight is 337 g/mol. The molecule has 0 amide bonds. The maximum Gasteiger partial charge on any atom is 0.145 e. The van der Waals surface area contributed by atoms with Gasteiger partial charge in [-0.25, -0.2) is 13.5 Å². The smallest absolute Gasteiger partial charge is 0.145 e. The summed E-state index contributed by atoms with van der Waals surface area (Å²) in [6.07, 6.45) is 1.57. The van der Waals surface area contributed by atoms with E-state index in [1.165, 1.54) is 16.8 Å². The van der Waals surface area contributed by atoms with Gasteiger partial charge in [0.1, 0.15) is 17.3 Å². The minimum Gasteiger partial charge on any atom is -0.248 e. The molecule has 0 saturated carbocycles. The standard InChI is InChI=1S/C11H9BrClF2N3/c1-6(13)10-5-18(17-16-10)4-7-9(14)3-2-8(12)11(7)15/h2-3,5-6H,4H2,1H3. The third-order valence-electron chi connectivity index (χ3n) is 2.42. The Balaban J connectivity index is 2.31. The minimum absolute atomic E-state index is 0.0340. The summed E-state index contributed by atoms with van der Waals surface area (Å²) in [6.45, 7) is 1.71. The Morgan fingerprint density at radius 2 is 2.17 bits per heavy atom. The highest BCUT2D eigenvalue weighted by molar-refractivity contribution is 9.10. The quantitative estimate of drug-likeness (QED) is 0.632. The molecule has 3 nitrogen and oxygen atoms in total. The summed E-state index contributed by atoms with van der Waals surface area (Å²) in [4.78, 5) is 0. The van der Waals surface area contributed by atoms with Crippen molar-refractivity contribution in [2.45, 2.75) is 18.8 Å². The van der Waals surface area contributed by atoms with E-state index in [2.05, 4.69) is 26.2 Å². The predicted molar refractivity (Wildman–Crippen MR) is 67.5 cm³/mol. The van der Waals surface area contributed by atoms with Crippen LogP contribution in [0.25, 0.3) is 0 Å². The summed E-state index contributed by atoms with van der Waals surface area (Å²) in [5, 5.41) is 7.30. The summed E-state index contributed by atoms with van der Waals surface area (Å²) in [5.41, 5.74) is 0.496. The third kappa shape index (κ3) is 2.70. The number of hydrogen-bond acceptors (Lipinski definition) is 2. The van der Waals surface area contributed by atoms with Gasteiger partial charge in [-0.3, -0.25) is 0 Å². The first-order valence-electron chi connectivity index (χ1n) is 5.15. The fourth-order valence-electron chi connectivity index (χ4n) is 1.45. The van der Waals surface area contributed by atoms with Gasteiger partial charge in [0.05, 0.1) is 22.6 Å². The van der Waals surface area contributed by atoms with E-state index in [1.54, 1.807) is 13.1 Å². The van der Waals surface area contributed by atoms with Gasteiger partial charge in [-0.2, -0.15) is 0 Å². The number of hydrogen-bond donors (Lipinski definition) is 0. The number of rotatable bonds is 3. The van der Waals surface area contributed by atoms with Gasteiger partial charge in [0.2, 0.25) is 0 Å². The fourth-order valence-corrected chi connectivity index (χ4v) is 1.92. The van der Waals surface area contributed by atoms with Crippen LogP contribution in [0.2, 0.25) is 0 Å². The van der Waals surface area contributed by atoms with Crippen LogP contribution >= 0.6 is 27.5 Å². The first-order valence-corrected chi connectivity index (χ1v) is 6.38. The van der Waals surface area contributed by atoms with E-state index in [0.29, 0.717) is 5.69 Å². The molecule has 1 aromatic heterocycles. The maximum atomic E-state index is 13.7. The van der Waals surface area contributed by atoms with Gasteiger partial charge >= 0.3 is 0 Å². The Labute approximate surface area is 116 Å². The Kier molecular flexibility index (Phi) is 3.97. The summed E-state index contributed by atoms with van der Waals surface area (Å²) in [6, 6.07) is 2.52. The Hall–Kier alpha value is -1.01. The van der Waals surface area contributed by atoms with Gasteiger partial charge in [0.15, 0.2) is 0 Å². The van der Waals surface area contributed by atoms with Crippen molar-refractivity contribution in [2.24, 2.45) is 0 Å². The normalized spacial score (nSPS) is 12.7. The minimum atomic E-state index is -0.633. The fraction of sp³-hybridized carbons (Fsp3) is 0.273. The van der Waals surface area contributed by atoms with Gasteiger partial charge in [0.25, 0.3) is 0 Å². The highest BCUT2D eigenvalue weighted by atomic mass is 79.9. The van der Waals surface area contributed by atoms with Crippen molar-refractivity contribution in [1.29, 1.82) is 0 Å². The lowest BCUT2D eigenvalue weighted by Gasteiger charge is -2.06. The van der Waals surface area contributed by atoms with Crippen molar-refractivity contribution in [3.05, 3.63) is 45.7 Å². The van der Waals surface area contributed by atoms with Crippen LogP contribution in [0, 0.1) is 11.6 Å². The molecule has 1 aromatic carbocycles. The molecule has 2 rings (SSSR count). The van der Waals surface area contributed by atoms with E-state index < -0.39 is 11.6 Å². The average Bonchev–Trinajstić information content (AvgIpc) is 2.78. The molecule has 0 spiro atoms. The van der Waals surface area contributed by atoms with Crippen molar-refractivity contribution >= 4 is 27.5 Å². The van der Waals surface area contributed by atoms with Gasteiger partial charge in [-0.15, -0.1) is 16.7 Å². The molecule has 18 heavy (non-hydrogen) atoms. The molecule has 0 saturated heterocycles. The predicted octanol–water partition coefficient (Wildman–Crippen LogP) is 3.67. The SMILES string of the molecule is CC(Cl)c1cn(Cc2c(F)ccc(Br)c2F)nn1. The van der Waals surface area contributed by atoms with Crippen LogP contribution in [0.3, 0.4) is 0 Å². The molecule has 96 valence electrons. The summed E-state index contributed by atoms with van der Waals surface area (Å²) in [5.74, 6) is -1.25. The van der Waals surface area contributed by atoms with Crippen LogP contribution in [-0.4, -0.2) is 15.0 Å². The zero-order valence-corrected chi connectivity index (χ0v) is 11.7. The van der Waals surface area contributed by atoms with Crippen LogP contribution < -0.4 is 0 Å². The number of benzene rings is 1. The number of halogens is 4. The number of alkyl halides is 1. The lowest BCUT2D eigenvalue weighted by molar-refractivity contribution is 0.524. The Morgan fingerprint density at radius 1 is 1.44 bits per heavy atom. The summed E-state index contributed by atoms with van der Waals surface area (Å²) >= 11 is 8.85. The molecule has 7 heteroatoms. The van der Waals surface area contributed by atoms with Crippen molar-refractivity contribution in [3.8, 4) is 0 Å². The number of nitrogens with zero attached hydrogens (tertiary/aromatic N) is 3. The van der Waals surface area contributed by atoms with Gasteiger partial charge in [0, 0.05) is 5.56 Å². The van der Waals surface area contributed by atoms with Crippen LogP contribution in [0.5, 0.6) is 0 Å². The van der Waals surface area contributed by atoms with E-state index in [9.17, 15) is 8.78 Å². The summed E-state index contributed by atoms with van der Waals surface area (Å²) < 4.78 is 28.8. The third-order valence-corrected chi connectivity index (χ3v) is 3.26. The van der Waals surface area contributed by atoms with Crippen LogP contribution in [0.4, 0.5) is 8.78 Å². The van der Waals surface area contributed by atoms with Crippen molar-refractivity contribution in [1.82, 2.24) is 15.0 Å². The summed E-state index contributed by atoms with van der Waals surface area (Å²) in [7, 11) is 0. The van der Waals surface area contributed by atoms with Crippen LogP contribution in [-0.2, 0) is 6.54 Å². The zero-order chi connectivity index (χ0) is 13.3. The van der Waals surface area contributed by atoms with Crippen LogP contribution in [0.1, 0.15) is 23.6 Å². The van der Waals surface area contributed by atoms with E-state index in [-0.39, 0.29) is 22.0 Å². The van der Waals surface area contributed by atoms with Crippen molar-refractivity contribution in [3.63, 3.8) is 0 Å². The molecule has 2 aromatic rings. The van der Waals surface area contributed by atoms with Crippen LogP contribution in [0.15, 0.2) is 22.8 Å². The second-order valence-electron chi connectivity index (χ2n) is 3.78. The molecule has 1 unspecified atom stereocenters. The van der Waals surface area contributed by atoms with Gasteiger partial charge in [-0.05, 0) is 35.0 Å². The molecule has 0 fully saturated rings. The molecule has 0 aliphatic heterocycles. The molecule has 0 N–H and O–H groups in total. The highest BCUT2D eigenvalue weighted by Gasteiger charge is 2.14. The topological polar surface area (TPSA) is 30.7 Å². The second kappa shape index (κ2) is 5.32. The number of aromatic nitrogens is 3. The first kappa shape index (κ1) is 13.4. The molecular formula is C11H9BrClF2N3. The largest absolute Gasteiger partial charge is 0.248 e. The first-order chi connectivity index (χ1) is 8.49. The Morgan fingerprint density at radius 3 is 2.78 bits per heavy atom. The van der Waals surface area contributed by atoms with Gasteiger partial charge < -0.3 is 0 Å². The molecular weight excluding hydrogens is 327 g/mol. The van der Waals surface area contributed by atoms with Crippen molar-refractivity contribution < 1.29 is 8.78 Å². The molecule has 0 bridgehead atoms. The molecule has 1 heterocycles. The Bertz CT molecular complexity index is 571. The molecule has 0 aliphatic rings. The van der Waals surface area contributed by atoms with E-state index >= 15 is 0 Å². The lowest BCUT2D eigenvalue weighted by Crippen LogP contribution is -2.06. The second-order valence-corrected chi connectivity index (χ2v) is 5.29. The van der Waals surface area contributed by atoms with E-state index in [4.69, 9.17) is 11.6 Å². The van der Waals surface area contributed by atoms with E-state index in [1.807, 2.05) is 0 Å². The molecule has 0 aliphatic carbocycles. The van der Waals surface area contributed by atoms with Gasteiger partial charge in [-0.1, -0.05) is 5.21 Å². The monoisotopic (exact) mass is 335 g/mol. The molecule has 0 radical (unpaired) electrons. The molecule has 1 atom stereocenters. The van der Waals surface area contributed by atoms with Crippen molar-refractivity contribution in [2.75, 3.05) is 0 Å².